The lowest BCUT2D eigenvalue weighted by Gasteiger charge is -2.16. The van der Waals surface area contributed by atoms with Crippen molar-refractivity contribution in [3.63, 3.8) is 0 Å². The summed E-state index contributed by atoms with van der Waals surface area (Å²) >= 11 is 0. The van der Waals surface area contributed by atoms with E-state index in [-0.39, 0.29) is 30.2 Å². The first kappa shape index (κ1) is 20.7. The number of ether oxygens (including phenoxy) is 1. The summed E-state index contributed by atoms with van der Waals surface area (Å²) in [6.45, 7) is 6.22. The van der Waals surface area contributed by atoms with Crippen molar-refractivity contribution < 1.29 is 19.0 Å². The Bertz CT molecular complexity index is 1220. The fraction of sp³-hybridized carbons (Fsp3) is 0.333. The van der Waals surface area contributed by atoms with E-state index in [9.17, 15) is 14.3 Å². The summed E-state index contributed by atoms with van der Waals surface area (Å²) in [7, 11) is 0. The summed E-state index contributed by atoms with van der Waals surface area (Å²) in [5.74, 6) is -0.224. The molecule has 1 N–H and O–H groups in total. The van der Waals surface area contributed by atoms with Crippen molar-refractivity contribution in [2.75, 3.05) is 0 Å². The molecule has 0 saturated heterocycles. The van der Waals surface area contributed by atoms with E-state index in [1.807, 2.05) is 38.1 Å². The maximum absolute atomic E-state index is 14.6. The Morgan fingerprint density at radius 3 is 2.62 bits per heavy atom. The number of carbonyl (C=O) groups is 1. The third-order valence-corrected chi connectivity index (χ3v) is 7.03. The number of hydrogen-bond donors (Lipinski definition) is 1. The molecule has 2 aliphatic rings. The van der Waals surface area contributed by atoms with Crippen molar-refractivity contribution in [2.45, 2.75) is 46.1 Å². The SMILES string of the molecule is CCc1cc2c(cc1OCc1cc(-c3c(C)cccc3C)ncc1F)CC1C(C(=O)O)C21. The molecule has 0 radical (unpaired) electrons. The number of pyridine rings is 1. The Morgan fingerprint density at radius 2 is 1.94 bits per heavy atom. The minimum atomic E-state index is -0.697. The lowest BCUT2D eigenvalue weighted by Crippen LogP contribution is -2.07. The summed E-state index contributed by atoms with van der Waals surface area (Å²) < 4.78 is 20.7. The molecule has 4 nitrogen and oxygen atoms in total. The first-order valence-corrected chi connectivity index (χ1v) is 11.1. The van der Waals surface area contributed by atoms with Crippen LogP contribution in [0.5, 0.6) is 5.75 Å². The number of fused-ring (bicyclic) bond motifs is 3. The summed E-state index contributed by atoms with van der Waals surface area (Å²) in [4.78, 5) is 15.7. The van der Waals surface area contributed by atoms with Gasteiger partial charge in [-0.3, -0.25) is 9.78 Å². The minimum absolute atomic E-state index is 0.114. The highest BCUT2D eigenvalue weighted by Crippen LogP contribution is 2.62. The molecule has 5 rings (SSSR count). The second-order valence-corrected chi connectivity index (χ2v) is 8.99. The van der Waals surface area contributed by atoms with Crippen LogP contribution in [0.3, 0.4) is 0 Å². The Kier molecular flexibility index (Phi) is 5.00. The molecule has 0 amide bonds. The topological polar surface area (TPSA) is 59.4 Å². The lowest BCUT2D eigenvalue weighted by molar-refractivity contribution is -0.139. The van der Waals surface area contributed by atoms with Gasteiger partial charge in [0.25, 0.3) is 0 Å². The monoisotopic (exact) mass is 431 g/mol. The van der Waals surface area contributed by atoms with Crippen LogP contribution in [0.25, 0.3) is 11.3 Å². The van der Waals surface area contributed by atoms with Crippen LogP contribution >= 0.6 is 0 Å². The second kappa shape index (κ2) is 7.73. The summed E-state index contributed by atoms with van der Waals surface area (Å²) in [5.41, 5.74) is 7.77. The molecule has 1 fully saturated rings. The molecule has 5 heteroatoms. The van der Waals surface area contributed by atoms with Gasteiger partial charge in [0, 0.05) is 17.0 Å². The van der Waals surface area contributed by atoms with Gasteiger partial charge in [-0.1, -0.05) is 31.2 Å². The fourth-order valence-corrected chi connectivity index (χ4v) is 5.33. The quantitative estimate of drug-likeness (QED) is 0.551. The summed E-state index contributed by atoms with van der Waals surface area (Å²) in [6, 6.07) is 12.0. The number of carboxylic acid groups (broad SMARTS) is 1. The molecule has 2 aliphatic carbocycles. The summed E-state index contributed by atoms with van der Waals surface area (Å²) in [6.07, 6.45) is 2.81. The minimum Gasteiger partial charge on any atom is -0.489 e. The molecule has 3 atom stereocenters. The number of aliphatic carboxylic acids is 1. The average molecular weight is 432 g/mol. The molecule has 2 aromatic carbocycles. The Balaban J connectivity index is 1.40. The normalized spacial score (nSPS) is 20.6. The molecule has 164 valence electrons. The molecule has 3 unspecified atom stereocenters. The molecular formula is C27H26FNO3. The van der Waals surface area contributed by atoms with E-state index < -0.39 is 5.97 Å². The Labute approximate surface area is 187 Å². The zero-order valence-corrected chi connectivity index (χ0v) is 18.5. The molecule has 1 saturated carbocycles. The van der Waals surface area contributed by atoms with E-state index in [0.717, 1.165) is 57.7 Å². The molecular weight excluding hydrogens is 405 g/mol. The van der Waals surface area contributed by atoms with Gasteiger partial charge in [0.15, 0.2) is 0 Å². The third-order valence-electron chi connectivity index (χ3n) is 7.03. The van der Waals surface area contributed by atoms with Gasteiger partial charge in [-0.2, -0.15) is 0 Å². The number of benzene rings is 2. The van der Waals surface area contributed by atoms with Crippen LogP contribution in [-0.4, -0.2) is 16.1 Å². The maximum Gasteiger partial charge on any atom is 0.307 e. The van der Waals surface area contributed by atoms with E-state index in [0.29, 0.717) is 5.56 Å². The van der Waals surface area contributed by atoms with Gasteiger partial charge < -0.3 is 9.84 Å². The highest BCUT2D eigenvalue weighted by molar-refractivity contribution is 5.78. The Hall–Kier alpha value is -3.21. The predicted octanol–water partition coefficient (Wildman–Crippen LogP) is 5.62. The Morgan fingerprint density at radius 1 is 1.19 bits per heavy atom. The smallest absolute Gasteiger partial charge is 0.307 e. The van der Waals surface area contributed by atoms with Crippen LogP contribution < -0.4 is 4.74 Å². The van der Waals surface area contributed by atoms with Crippen LogP contribution in [0.2, 0.25) is 0 Å². The number of nitrogens with zero attached hydrogens (tertiary/aromatic N) is 1. The summed E-state index contributed by atoms with van der Waals surface area (Å²) in [5, 5.41) is 9.38. The van der Waals surface area contributed by atoms with E-state index >= 15 is 0 Å². The zero-order chi connectivity index (χ0) is 22.6. The molecule has 32 heavy (non-hydrogen) atoms. The lowest BCUT2D eigenvalue weighted by atomic mass is 9.97. The van der Waals surface area contributed by atoms with E-state index in [2.05, 4.69) is 18.0 Å². The molecule has 0 aliphatic heterocycles. The first-order valence-electron chi connectivity index (χ1n) is 11.1. The van der Waals surface area contributed by atoms with Crippen molar-refractivity contribution in [1.29, 1.82) is 0 Å². The van der Waals surface area contributed by atoms with E-state index in [1.165, 1.54) is 6.20 Å². The number of hydrogen-bond acceptors (Lipinski definition) is 3. The third kappa shape index (κ3) is 3.36. The average Bonchev–Trinajstić information content (AvgIpc) is 3.37. The fourth-order valence-electron chi connectivity index (χ4n) is 5.33. The molecule has 3 aromatic rings. The van der Waals surface area contributed by atoms with Gasteiger partial charge in [0.2, 0.25) is 0 Å². The number of rotatable bonds is 6. The van der Waals surface area contributed by atoms with E-state index in [4.69, 9.17) is 4.74 Å². The van der Waals surface area contributed by atoms with Crippen LogP contribution in [0.15, 0.2) is 42.6 Å². The number of aryl methyl sites for hydroxylation is 3. The molecule has 1 heterocycles. The molecule has 0 bridgehead atoms. The van der Waals surface area contributed by atoms with Gasteiger partial charge in [-0.05, 0) is 72.6 Å². The van der Waals surface area contributed by atoms with E-state index in [1.54, 1.807) is 6.07 Å². The van der Waals surface area contributed by atoms with Crippen LogP contribution in [0.1, 0.15) is 46.2 Å². The van der Waals surface area contributed by atoms with Gasteiger partial charge in [0.05, 0.1) is 17.8 Å². The highest BCUT2D eigenvalue weighted by Gasteiger charge is 2.59. The maximum atomic E-state index is 14.6. The molecule has 1 aromatic heterocycles. The number of carboxylic acids is 1. The highest BCUT2D eigenvalue weighted by atomic mass is 19.1. The predicted molar refractivity (Wildman–Crippen MR) is 120 cm³/mol. The van der Waals surface area contributed by atoms with Gasteiger partial charge in [0.1, 0.15) is 18.2 Å². The van der Waals surface area contributed by atoms with Gasteiger partial charge >= 0.3 is 5.97 Å². The number of halogens is 1. The number of aromatic nitrogens is 1. The van der Waals surface area contributed by atoms with Crippen LogP contribution in [0.4, 0.5) is 4.39 Å². The van der Waals surface area contributed by atoms with Gasteiger partial charge in [-0.15, -0.1) is 0 Å². The van der Waals surface area contributed by atoms with Crippen LogP contribution in [-0.2, 0) is 24.2 Å². The van der Waals surface area contributed by atoms with Gasteiger partial charge in [-0.25, -0.2) is 4.39 Å². The van der Waals surface area contributed by atoms with Crippen molar-refractivity contribution in [1.82, 2.24) is 4.98 Å². The van der Waals surface area contributed by atoms with Crippen molar-refractivity contribution >= 4 is 5.97 Å². The van der Waals surface area contributed by atoms with Crippen molar-refractivity contribution in [3.05, 3.63) is 81.8 Å². The van der Waals surface area contributed by atoms with Crippen LogP contribution in [0, 0.1) is 31.5 Å². The second-order valence-electron chi connectivity index (χ2n) is 8.99. The zero-order valence-electron chi connectivity index (χ0n) is 18.5. The van der Waals surface area contributed by atoms with Crippen molar-refractivity contribution in [3.8, 4) is 17.0 Å². The first-order chi connectivity index (χ1) is 15.4. The standard InChI is InChI=1S/C27H26FNO3/c1-4-16-8-19-17(9-20-25(19)26(20)27(30)31)11-23(16)32-13-18-10-22(29-12-21(18)28)24-14(2)6-5-7-15(24)3/h5-8,10-12,20,25-26H,4,9,13H2,1-3H3,(H,30,31). The van der Waals surface area contributed by atoms with Crippen molar-refractivity contribution in [2.24, 2.45) is 11.8 Å². The largest absolute Gasteiger partial charge is 0.489 e. The molecule has 0 spiro atoms.